The number of carbonyl (C=O) groups is 3. The van der Waals surface area contributed by atoms with Crippen LogP contribution in [0.1, 0.15) is 67.2 Å². The summed E-state index contributed by atoms with van der Waals surface area (Å²) in [6.07, 6.45) is 6.65. The van der Waals surface area contributed by atoms with Crippen molar-refractivity contribution in [3.8, 4) is 5.75 Å². The van der Waals surface area contributed by atoms with Crippen molar-refractivity contribution in [1.82, 2.24) is 9.80 Å². The highest BCUT2D eigenvalue weighted by atomic mass is 16.5. The van der Waals surface area contributed by atoms with Crippen LogP contribution in [0.25, 0.3) is 0 Å². The molecule has 0 saturated carbocycles. The number of likely N-dealkylation sites (tertiary alicyclic amines) is 1. The van der Waals surface area contributed by atoms with Gasteiger partial charge < -0.3 is 29.3 Å². The third-order valence-corrected chi connectivity index (χ3v) is 10.3. The number of aliphatic hydroxyl groups excluding tert-OH is 1. The van der Waals surface area contributed by atoms with Gasteiger partial charge in [0.1, 0.15) is 17.4 Å². The van der Waals surface area contributed by atoms with Crippen molar-refractivity contribution in [2.45, 2.75) is 90.5 Å². The minimum Gasteiger partial charge on any atom is -0.494 e. The van der Waals surface area contributed by atoms with Gasteiger partial charge in [0.25, 0.3) is 0 Å². The smallest absolute Gasteiger partial charge is 0.248 e. The van der Waals surface area contributed by atoms with E-state index >= 15 is 0 Å². The van der Waals surface area contributed by atoms with Crippen molar-refractivity contribution in [2.75, 3.05) is 37.7 Å². The molecule has 9 nitrogen and oxygen atoms in total. The molecular formula is C36H53N3O6. The van der Waals surface area contributed by atoms with E-state index in [-0.39, 0.29) is 42.7 Å². The Bertz CT molecular complexity index is 1250. The number of aliphatic hydroxyl groups is 1. The number of unbranched alkanes of at least 4 members (excludes halogenated alkanes) is 2. The molecule has 3 aliphatic heterocycles. The van der Waals surface area contributed by atoms with Crippen LogP contribution in [0.15, 0.2) is 49.6 Å². The van der Waals surface area contributed by atoms with Gasteiger partial charge in [-0.1, -0.05) is 52.7 Å². The van der Waals surface area contributed by atoms with Crippen molar-refractivity contribution < 1.29 is 29.0 Å². The fourth-order valence-corrected chi connectivity index (χ4v) is 7.99. The molecule has 4 rings (SSSR count). The highest BCUT2D eigenvalue weighted by molar-refractivity contribution is 6.03. The highest BCUT2D eigenvalue weighted by Crippen LogP contribution is 2.66. The quantitative estimate of drug-likeness (QED) is 0.209. The van der Waals surface area contributed by atoms with Crippen molar-refractivity contribution in [2.24, 2.45) is 23.7 Å². The Morgan fingerprint density at radius 3 is 2.36 bits per heavy atom. The molecule has 45 heavy (non-hydrogen) atoms. The van der Waals surface area contributed by atoms with E-state index in [2.05, 4.69) is 20.1 Å². The summed E-state index contributed by atoms with van der Waals surface area (Å²) in [5.41, 5.74) is -1.51. The van der Waals surface area contributed by atoms with E-state index in [0.717, 1.165) is 19.3 Å². The highest BCUT2D eigenvalue weighted by Gasteiger charge is 2.80. The molecule has 1 aromatic rings. The average Bonchev–Trinajstić information content (AvgIpc) is 3.52. The fourth-order valence-electron chi connectivity index (χ4n) is 7.99. The molecule has 0 aromatic heterocycles. The van der Waals surface area contributed by atoms with E-state index in [1.54, 1.807) is 26.9 Å². The Balaban J connectivity index is 1.83. The molecule has 7 atom stereocenters. The minimum atomic E-state index is -1.20. The zero-order valence-electron chi connectivity index (χ0n) is 28.0. The lowest BCUT2D eigenvalue weighted by atomic mass is 9.62. The first kappa shape index (κ1) is 34.7. The lowest BCUT2D eigenvalue weighted by molar-refractivity contribution is -0.156. The van der Waals surface area contributed by atoms with E-state index in [4.69, 9.17) is 9.47 Å². The van der Waals surface area contributed by atoms with E-state index in [0.29, 0.717) is 37.6 Å². The summed E-state index contributed by atoms with van der Waals surface area (Å²) in [6, 6.07) is 5.75. The predicted molar refractivity (Wildman–Crippen MR) is 176 cm³/mol. The molecule has 9 heteroatoms. The summed E-state index contributed by atoms with van der Waals surface area (Å²) in [6.45, 7) is 21.0. The minimum absolute atomic E-state index is 0.101. The first-order valence-corrected chi connectivity index (χ1v) is 16.6. The normalized spacial score (nSPS) is 29.1. The van der Waals surface area contributed by atoms with Gasteiger partial charge in [0, 0.05) is 25.3 Å². The number of fused-ring (bicyclic) bond motifs is 1. The van der Waals surface area contributed by atoms with Crippen LogP contribution in [-0.4, -0.2) is 88.8 Å². The van der Waals surface area contributed by atoms with Crippen LogP contribution in [0.3, 0.4) is 0 Å². The maximum absolute atomic E-state index is 14.8. The van der Waals surface area contributed by atoms with Gasteiger partial charge in [0.2, 0.25) is 17.7 Å². The number of amides is 3. The monoisotopic (exact) mass is 623 g/mol. The summed E-state index contributed by atoms with van der Waals surface area (Å²) in [7, 11) is 0. The first-order valence-electron chi connectivity index (χ1n) is 16.6. The summed E-state index contributed by atoms with van der Waals surface area (Å²) in [5, 5.41) is 10.6. The molecule has 3 heterocycles. The SMILES string of the molecule is C=CCN(CCCCC)C(=O)C1N([C@@H](CO)C(C)C)C(=O)[C@@H]2[C@H](C(=O)N(CC=C)c3ccc(OCC)cc3)[C@@]3(C)OC12CC3C. The number of nitrogens with zero attached hydrogens (tertiary/aromatic N) is 3. The van der Waals surface area contributed by atoms with Gasteiger partial charge in [0.15, 0.2) is 0 Å². The van der Waals surface area contributed by atoms with Gasteiger partial charge in [-0.05, 0) is 62.8 Å². The first-order chi connectivity index (χ1) is 21.5. The van der Waals surface area contributed by atoms with E-state index in [1.807, 2.05) is 58.9 Å². The van der Waals surface area contributed by atoms with Crippen LogP contribution in [0.2, 0.25) is 0 Å². The second-order valence-electron chi connectivity index (χ2n) is 13.4. The summed E-state index contributed by atoms with van der Waals surface area (Å²) in [5.74, 6) is -1.98. The molecule has 3 fully saturated rings. The number of ether oxygens (including phenoxy) is 2. The molecule has 0 aliphatic carbocycles. The third kappa shape index (κ3) is 5.94. The Morgan fingerprint density at radius 1 is 1.13 bits per heavy atom. The molecule has 1 N–H and O–H groups in total. The third-order valence-electron chi connectivity index (χ3n) is 10.3. The molecular weight excluding hydrogens is 570 g/mol. The van der Waals surface area contributed by atoms with Crippen molar-refractivity contribution in [3.05, 3.63) is 49.6 Å². The van der Waals surface area contributed by atoms with Gasteiger partial charge >= 0.3 is 0 Å². The Hall–Kier alpha value is -3.17. The second-order valence-corrected chi connectivity index (χ2v) is 13.4. The molecule has 3 unspecified atom stereocenters. The lowest BCUT2D eigenvalue weighted by Gasteiger charge is -2.40. The molecule has 248 valence electrons. The molecule has 1 aromatic carbocycles. The summed E-state index contributed by atoms with van der Waals surface area (Å²) in [4.78, 5) is 49.2. The van der Waals surface area contributed by atoms with E-state index < -0.39 is 35.1 Å². The van der Waals surface area contributed by atoms with Crippen LogP contribution in [0, 0.1) is 23.7 Å². The number of carbonyl (C=O) groups excluding carboxylic acids is 3. The molecule has 2 bridgehead atoms. The van der Waals surface area contributed by atoms with Gasteiger partial charge in [-0.25, -0.2) is 0 Å². The van der Waals surface area contributed by atoms with Crippen LogP contribution >= 0.6 is 0 Å². The zero-order valence-corrected chi connectivity index (χ0v) is 28.0. The van der Waals surface area contributed by atoms with Crippen LogP contribution in [-0.2, 0) is 19.1 Å². The number of anilines is 1. The van der Waals surface area contributed by atoms with Crippen molar-refractivity contribution in [1.29, 1.82) is 0 Å². The summed E-state index contributed by atoms with van der Waals surface area (Å²) >= 11 is 0. The molecule has 0 radical (unpaired) electrons. The van der Waals surface area contributed by atoms with Crippen LogP contribution in [0.4, 0.5) is 5.69 Å². The maximum atomic E-state index is 14.8. The van der Waals surface area contributed by atoms with E-state index in [1.165, 1.54) is 0 Å². The Kier molecular flexibility index (Phi) is 10.9. The molecule has 3 aliphatic rings. The number of hydrogen-bond donors (Lipinski definition) is 1. The topological polar surface area (TPSA) is 99.6 Å². The lowest BCUT2D eigenvalue weighted by Crippen LogP contribution is -2.60. The van der Waals surface area contributed by atoms with Gasteiger partial charge in [-0.15, -0.1) is 13.2 Å². The maximum Gasteiger partial charge on any atom is 0.248 e. The molecule has 3 amide bonds. The average molecular weight is 624 g/mol. The number of rotatable bonds is 16. The second kappa shape index (κ2) is 14.1. The van der Waals surface area contributed by atoms with Gasteiger partial charge in [0.05, 0.1) is 36.7 Å². The van der Waals surface area contributed by atoms with Crippen LogP contribution in [0.5, 0.6) is 5.75 Å². The standard InChI is InChI=1S/C36H53N3O6/c1-9-13-14-21-37(19-10-2)34(43)31-36-22-25(7)35(8,45-36)29(30(36)33(42)39(31)28(23-40)24(5)6)32(41)38(20-11-3)26-15-17-27(18-16-26)44-12-4/h10-11,15-18,24-25,28-31,40H,2-3,9,12-14,19-23H2,1,4-8H3/t25?,28-,29+,30-,31?,35-,36?/m0/s1. The predicted octanol–water partition coefficient (Wildman–Crippen LogP) is 4.84. The van der Waals surface area contributed by atoms with Gasteiger partial charge in [-0.2, -0.15) is 0 Å². The Morgan fingerprint density at radius 2 is 1.80 bits per heavy atom. The summed E-state index contributed by atoms with van der Waals surface area (Å²) < 4.78 is 12.6. The van der Waals surface area contributed by atoms with Gasteiger partial charge in [-0.3, -0.25) is 14.4 Å². The van der Waals surface area contributed by atoms with Crippen molar-refractivity contribution >= 4 is 23.4 Å². The number of hydrogen-bond acceptors (Lipinski definition) is 6. The Labute approximate surface area is 269 Å². The van der Waals surface area contributed by atoms with Crippen LogP contribution < -0.4 is 9.64 Å². The zero-order chi connectivity index (χ0) is 33.1. The number of benzene rings is 1. The van der Waals surface area contributed by atoms with Crippen molar-refractivity contribution in [3.63, 3.8) is 0 Å². The van der Waals surface area contributed by atoms with E-state index in [9.17, 15) is 19.5 Å². The molecule has 1 spiro atoms. The largest absolute Gasteiger partial charge is 0.494 e. The molecule has 3 saturated heterocycles. The fraction of sp³-hybridized carbons (Fsp3) is 0.639.